The molecule has 108 valence electrons. The molecular formula is C11H20N3O4Si-. The fraction of sp³-hybridized carbons (Fsp3) is 0.636. The normalized spacial score (nSPS) is 11.6. The molecule has 0 bridgehead atoms. The highest BCUT2D eigenvalue weighted by Crippen LogP contribution is 2.15. The minimum absolute atomic E-state index is 0.121. The summed E-state index contributed by atoms with van der Waals surface area (Å²) >= 11 is 0. The van der Waals surface area contributed by atoms with Gasteiger partial charge >= 0.3 is 0 Å². The van der Waals surface area contributed by atoms with E-state index in [1.807, 2.05) is 0 Å². The highest BCUT2D eigenvalue weighted by Gasteiger charge is 2.13. The Morgan fingerprint density at radius 1 is 1.53 bits per heavy atom. The summed E-state index contributed by atoms with van der Waals surface area (Å²) in [6, 6.07) is 2.38. The van der Waals surface area contributed by atoms with Gasteiger partial charge in [0.25, 0.3) is 0 Å². The van der Waals surface area contributed by atoms with E-state index in [0.717, 1.165) is 6.04 Å². The molecular weight excluding hydrogens is 266 g/mol. The minimum Gasteiger partial charge on any atom is -0.732 e. The van der Waals surface area contributed by atoms with Crippen molar-refractivity contribution in [1.82, 2.24) is 9.78 Å². The van der Waals surface area contributed by atoms with E-state index in [1.165, 1.54) is 17.9 Å². The molecule has 0 saturated carbocycles. The third-order valence-corrected chi connectivity index (χ3v) is 4.17. The second-order valence-electron chi connectivity index (χ2n) is 5.33. The lowest BCUT2D eigenvalue weighted by atomic mass is 10.5. The van der Waals surface area contributed by atoms with E-state index >= 15 is 0 Å². The molecule has 0 amide bonds. The van der Waals surface area contributed by atoms with Gasteiger partial charge in [-0.25, -0.2) is 4.68 Å². The van der Waals surface area contributed by atoms with Gasteiger partial charge in [-0.2, -0.15) is 5.10 Å². The number of nitrogens with zero attached hydrogens (tertiary/aromatic N) is 3. The molecule has 0 atom stereocenters. The van der Waals surface area contributed by atoms with E-state index in [9.17, 15) is 10.0 Å². The Kier molecular flexibility index (Phi) is 5.67. The van der Waals surface area contributed by atoms with Gasteiger partial charge in [-0.15, -0.1) is 0 Å². The first-order chi connectivity index (χ1) is 8.87. The molecule has 0 radical (unpaired) electrons. The standard InChI is InChI=1S/C11H20N3O4Si/c1-17-14(16)11-7-10(8-15)12-13(11)9-18-5-6-19(2,3)4/h7-8H,5-6,9H2,1-4H3/q-1. The van der Waals surface area contributed by atoms with Crippen molar-refractivity contribution >= 4 is 20.2 Å². The van der Waals surface area contributed by atoms with Crippen molar-refractivity contribution in [1.29, 1.82) is 0 Å². The van der Waals surface area contributed by atoms with Crippen LogP contribution >= 0.6 is 0 Å². The molecule has 1 aromatic rings. The molecule has 1 aromatic heterocycles. The Balaban J connectivity index is 2.61. The van der Waals surface area contributed by atoms with E-state index in [-0.39, 0.29) is 18.2 Å². The summed E-state index contributed by atoms with van der Waals surface area (Å²) in [5.74, 6) is 0.137. The summed E-state index contributed by atoms with van der Waals surface area (Å²) < 4.78 is 6.80. The molecule has 1 rings (SSSR count). The van der Waals surface area contributed by atoms with Gasteiger partial charge in [0.15, 0.2) is 6.29 Å². The molecule has 0 aromatic carbocycles. The summed E-state index contributed by atoms with van der Waals surface area (Å²) in [5, 5.41) is 15.7. The van der Waals surface area contributed by atoms with Gasteiger partial charge in [0.1, 0.15) is 18.2 Å². The monoisotopic (exact) mass is 286 g/mol. The Morgan fingerprint density at radius 3 is 2.74 bits per heavy atom. The van der Waals surface area contributed by atoms with Gasteiger partial charge in [-0.3, -0.25) is 9.63 Å². The van der Waals surface area contributed by atoms with Crippen LogP contribution < -0.4 is 5.23 Å². The van der Waals surface area contributed by atoms with E-state index < -0.39 is 8.07 Å². The SMILES string of the molecule is CON([O-])c1cc(C=O)nn1COCC[Si](C)(C)C. The number of carbonyl (C=O) groups is 1. The zero-order valence-corrected chi connectivity index (χ0v) is 12.8. The number of hydrogen-bond donors (Lipinski definition) is 0. The number of aldehydes is 1. The first-order valence-electron chi connectivity index (χ1n) is 5.99. The molecule has 0 aliphatic carbocycles. The lowest BCUT2D eigenvalue weighted by molar-refractivity contribution is 0.0756. The van der Waals surface area contributed by atoms with E-state index in [4.69, 9.17) is 4.74 Å². The topological polar surface area (TPSA) is 79.7 Å². The maximum atomic E-state index is 11.4. The van der Waals surface area contributed by atoms with Gasteiger partial charge in [0, 0.05) is 20.7 Å². The second kappa shape index (κ2) is 6.80. The van der Waals surface area contributed by atoms with Gasteiger partial charge in [-0.1, -0.05) is 19.6 Å². The van der Waals surface area contributed by atoms with Crippen molar-refractivity contribution in [2.24, 2.45) is 0 Å². The minimum atomic E-state index is -1.15. The van der Waals surface area contributed by atoms with Gasteiger partial charge in [0.05, 0.1) is 7.11 Å². The van der Waals surface area contributed by atoms with Gasteiger partial charge < -0.3 is 15.2 Å². The summed E-state index contributed by atoms with van der Waals surface area (Å²) in [5.41, 5.74) is 0.168. The first-order valence-corrected chi connectivity index (χ1v) is 9.70. The third-order valence-electron chi connectivity index (χ3n) is 2.46. The third kappa shape index (κ3) is 5.11. The van der Waals surface area contributed by atoms with Crippen LogP contribution in [-0.4, -0.2) is 37.9 Å². The number of carbonyl (C=O) groups excluding carboxylic acids is 1. The zero-order chi connectivity index (χ0) is 14.5. The Bertz CT molecular complexity index is 417. The van der Waals surface area contributed by atoms with E-state index in [0.29, 0.717) is 18.1 Å². The van der Waals surface area contributed by atoms with Gasteiger partial charge in [-0.05, 0) is 6.04 Å². The smallest absolute Gasteiger partial charge is 0.170 e. The van der Waals surface area contributed by atoms with Crippen LogP contribution in [0.3, 0.4) is 0 Å². The number of ether oxygens (including phenoxy) is 1. The zero-order valence-electron chi connectivity index (χ0n) is 11.8. The highest BCUT2D eigenvalue weighted by molar-refractivity contribution is 6.76. The predicted molar refractivity (Wildman–Crippen MR) is 74.6 cm³/mol. The van der Waals surface area contributed by atoms with Gasteiger partial charge in [0.2, 0.25) is 0 Å². The van der Waals surface area contributed by atoms with Crippen LogP contribution in [0.5, 0.6) is 0 Å². The number of rotatable bonds is 8. The predicted octanol–water partition coefficient (Wildman–Crippen LogP) is 1.87. The summed E-state index contributed by atoms with van der Waals surface area (Å²) in [6.07, 6.45) is 0.575. The van der Waals surface area contributed by atoms with E-state index in [2.05, 4.69) is 29.6 Å². The van der Waals surface area contributed by atoms with Crippen LogP contribution in [0.25, 0.3) is 0 Å². The molecule has 0 aliphatic rings. The molecule has 0 unspecified atom stereocenters. The van der Waals surface area contributed by atoms with Crippen molar-refractivity contribution < 1.29 is 14.4 Å². The number of anilines is 1. The summed E-state index contributed by atoms with van der Waals surface area (Å²) in [6.45, 7) is 7.49. The molecule has 8 heteroatoms. The van der Waals surface area contributed by atoms with Crippen LogP contribution in [0.2, 0.25) is 25.7 Å². The Morgan fingerprint density at radius 2 is 2.21 bits per heavy atom. The Labute approximate surface area is 113 Å². The molecule has 0 fully saturated rings. The maximum absolute atomic E-state index is 11.4. The fourth-order valence-corrected chi connectivity index (χ4v) is 2.11. The quantitative estimate of drug-likeness (QED) is 0.314. The molecule has 0 spiro atoms. The second-order valence-corrected chi connectivity index (χ2v) is 11.0. The van der Waals surface area contributed by atoms with Crippen molar-refractivity contribution in [3.8, 4) is 0 Å². The molecule has 7 nitrogen and oxygen atoms in total. The highest BCUT2D eigenvalue weighted by atomic mass is 28.3. The van der Waals surface area contributed by atoms with Crippen LogP contribution in [0.4, 0.5) is 5.82 Å². The fourth-order valence-electron chi connectivity index (χ4n) is 1.35. The molecule has 19 heavy (non-hydrogen) atoms. The summed E-state index contributed by atoms with van der Waals surface area (Å²) in [4.78, 5) is 15.2. The lowest BCUT2D eigenvalue weighted by Crippen LogP contribution is -2.23. The Hall–Kier alpha value is -1.22. The van der Waals surface area contributed by atoms with E-state index in [1.54, 1.807) is 0 Å². The number of hydrogen-bond acceptors (Lipinski definition) is 6. The molecule has 0 N–H and O–H groups in total. The molecule has 0 aliphatic heterocycles. The van der Waals surface area contributed by atoms with Crippen LogP contribution in [0.1, 0.15) is 10.5 Å². The van der Waals surface area contributed by atoms with Crippen molar-refractivity contribution in [2.45, 2.75) is 32.4 Å². The number of aromatic nitrogens is 2. The molecule has 1 heterocycles. The maximum Gasteiger partial charge on any atom is 0.170 e. The van der Waals surface area contributed by atoms with Crippen molar-refractivity contribution in [2.75, 3.05) is 18.9 Å². The van der Waals surface area contributed by atoms with Crippen LogP contribution in [0.15, 0.2) is 6.07 Å². The van der Waals surface area contributed by atoms with Crippen LogP contribution in [-0.2, 0) is 16.3 Å². The summed E-state index contributed by atoms with van der Waals surface area (Å²) in [7, 11) is 0.1000. The van der Waals surface area contributed by atoms with Crippen molar-refractivity contribution in [3.05, 3.63) is 17.0 Å². The average molecular weight is 286 g/mol. The lowest BCUT2D eigenvalue weighted by Gasteiger charge is -2.26. The van der Waals surface area contributed by atoms with Crippen molar-refractivity contribution in [3.63, 3.8) is 0 Å². The average Bonchev–Trinajstić information content (AvgIpc) is 2.76. The van der Waals surface area contributed by atoms with Crippen LogP contribution in [0, 0.1) is 5.21 Å². The largest absolute Gasteiger partial charge is 0.732 e. The molecule has 0 saturated heterocycles. The first kappa shape index (κ1) is 15.8.